The van der Waals surface area contributed by atoms with Crippen LogP contribution in [0.25, 0.3) is 6.08 Å². The van der Waals surface area contributed by atoms with E-state index in [9.17, 15) is 14.0 Å². The Kier molecular flexibility index (Phi) is 6.07. The normalized spacial score (nSPS) is 16.4. The van der Waals surface area contributed by atoms with E-state index >= 15 is 0 Å². The molecule has 0 unspecified atom stereocenters. The second-order valence-electron chi connectivity index (χ2n) is 5.85. The van der Waals surface area contributed by atoms with E-state index in [2.05, 4.69) is 4.99 Å². The summed E-state index contributed by atoms with van der Waals surface area (Å²) in [5.41, 5.74) is 6.02. The van der Waals surface area contributed by atoms with Gasteiger partial charge in [0, 0.05) is 0 Å². The zero-order valence-electron chi connectivity index (χ0n) is 14.5. The number of nitrogens with two attached hydrogens (primary N) is 1. The third-order valence-corrected chi connectivity index (χ3v) is 5.66. The van der Waals surface area contributed by atoms with Crippen molar-refractivity contribution in [3.05, 3.63) is 69.6 Å². The van der Waals surface area contributed by atoms with Crippen LogP contribution in [0.3, 0.4) is 0 Å². The number of carbonyl (C=O) groups is 2. The Morgan fingerprint density at radius 2 is 1.96 bits per heavy atom. The minimum absolute atomic E-state index is 0.0351. The highest BCUT2D eigenvalue weighted by atomic mass is 35.5. The van der Waals surface area contributed by atoms with Crippen molar-refractivity contribution in [2.24, 2.45) is 10.7 Å². The monoisotopic (exact) mass is 437 g/mol. The predicted octanol–water partition coefficient (Wildman–Crippen LogP) is 4.48. The predicted molar refractivity (Wildman–Crippen MR) is 112 cm³/mol. The first-order chi connectivity index (χ1) is 13.3. The lowest BCUT2D eigenvalue weighted by Gasteiger charge is -2.19. The Bertz CT molecular complexity index is 1030. The standard InChI is InChI=1S/C19H14Cl2FN3O2S/c1-10(17(23)26)28-19-24-15(9-11-6-7-12(20)13(21)8-11)18(27)25(19)16-5-3-2-4-14(16)22/h2-10H,1H3,(H2,23,26)/b15-9-/t10-/m1/s1. The number of amides is 2. The van der Waals surface area contributed by atoms with E-state index in [1.165, 1.54) is 24.3 Å². The van der Waals surface area contributed by atoms with Crippen LogP contribution in [0.4, 0.5) is 10.1 Å². The molecule has 1 aliphatic rings. The summed E-state index contributed by atoms with van der Waals surface area (Å²) in [4.78, 5) is 29.8. The van der Waals surface area contributed by atoms with Crippen LogP contribution in [0.2, 0.25) is 10.0 Å². The molecule has 144 valence electrons. The number of amidine groups is 1. The van der Waals surface area contributed by atoms with Crippen LogP contribution < -0.4 is 10.6 Å². The summed E-state index contributed by atoms with van der Waals surface area (Å²) in [5, 5.41) is 0.204. The van der Waals surface area contributed by atoms with E-state index in [1.54, 1.807) is 31.2 Å². The molecule has 1 aliphatic heterocycles. The van der Waals surface area contributed by atoms with Crippen LogP contribution >= 0.6 is 35.0 Å². The van der Waals surface area contributed by atoms with Gasteiger partial charge in [0.2, 0.25) is 5.91 Å². The Hall–Kier alpha value is -2.35. The van der Waals surface area contributed by atoms with Crippen molar-refractivity contribution in [2.75, 3.05) is 4.90 Å². The molecule has 28 heavy (non-hydrogen) atoms. The van der Waals surface area contributed by atoms with Gasteiger partial charge < -0.3 is 5.73 Å². The van der Waals surface area contributed by atoms with Crippen molar-refractivity contribution in [3.8, 4) is 0 Å². The van der Waals surface area contributed by atoms with Crippen molar-refractivity contribution in [3.63, 3.8) is 0 Å². The SMILES string of the molecule is C[C@@H](SC1=N/C(=C\c2ccc(Cl)c(Cl)c2)C(=O)N1c1ccccc1F)C(N)=O. The molecular weight excluding hydrogens is 424 g/mol. The summed E-state index contributed by atoms with van der Waals surface area (Å²) < 4.78 is 14.3. The number of carbonyl (C=O) groups excluding carboxylic acids is 2. The largest absolute Gasteiger partial charge is 0.369 e. The van der Waals surface area contributed by atoms with Crippen molar-refractivity contribution in [2.45, 2.75) is 12.2 Å². The number of benzene rings is 2. The minimum atomic E-state index is -0.662. The van der Waals surface area contributed by atoms with Crippen LogP contribution in [-0.2, 0) is 9.59 Å². The molecule has 0 spiro atoms. The number of hydrogen-bond acceptors (Lipinski definition) is 4. The fraction of sp³-hybridized carbons (Fsp3) is 0.105. The molecule has 0 bridgehead atoms. The Morgan fingerprint density at radius 3 is 2.61 bits per heavy atom. The maximum absolute atomic E-state index is 14.3. The molecule has 0 radical (unpaired) electrons. The molecule has 9 heteroatoms. The summed E-state index contributed by atoms with van der Waals surface area (Å²) in [6.45, 7) is 1.58. The van der Waals surface area contributed by atoms with E-state index < -0.39 is 22.9 Å². The number of rotatable bonds is 4. The van der Waals surface area contributed by atoms with Gasteiger partial charge in [-0.1, -0.05) is 53.2 Å². The van der Waals surface area contributed by atoms with E-state index in [0.29, 0.717) is 15.6 Å². The molecule has 5 nitrogen and oxygen atoms in total. The summed E-state index contributed by atoms with van der Waals surface area (Å²) in [6, 6.07) is 10.7. The van der Waals surface area contributed by atoms with Crippen LogP contribution in [0.15, 0.2) is 53.2 Å². The van der Waals surface area contributed by atoms with Gasteiger partial charge in [-0.15, -0.1) is 0 Å². The zero-order chi connectivity index (χ0) is 20.4. The number of halogens is 3. The Balaban J connectivity index is 2.05. The van der Waals surface area contributed by atoms with Gasteiger partial charge in [-0.3, -0.25) is 14.5 Å². The second-order valence-corrected chi connectivity index (χ2v) is 7.97. The summed E-state index contributed by atoms with van der Waals surface area (Å²) in [6.07, 6.45) is 1.51. The fourth-order valence-corrected chi connectivity index (χ4v) is 3.57. The molecule has 1 heterocycles. The van der Waals surface area contributed by atoms with E-state index in [-0.39, 0.29) is 16.6 Å². The molecule has 2 amide bonds. The molecule has 2 N–H and O–H groups in total. The molecule has 3 rings (SSSR count). The highest BCUT2D eigenvalue weighted by Gasteiger charge is 2.35. The number of primary amides is 1. The number of para-hydroxylation sites is 1. The lowest BCUT2D eigenvalue weighted by atomic mass is 10.2. The average Bonchev–Trinajstić information content (AvgIpc) is 2.94. The van der Waals surface area contributed by atoms with Crippen LogP contribution in [0.1, 0.15) is 12.5 Å². The number of nitrogens with zero attached hydrogens (tertiary/aromatic N) is 2. The van der Waals surface area contributed by atoms with Gasteiger partial charge in [0.25, 0.3) is 5.91 Å². The quantitative estimate of drug-likeness (QED) is 0.716. The molecule has 0 saturated heterocycles. The maximum atomic E-state index is 14.3. The summed E-state index contributed by atoms with van der Waals surface area (Å²) in [5.74, 6) is -1.70. The van der Waals surface area contributed by atoms with Gasteiger partial charge >= 0.3 is 0 Å². The molecule has 0 aliphatic carbocycles. The van der Waals surface area contributed by atoms with Crippen molar-refractivity contribution in [1.29, 1.82) is 0 Å². The van der Waals surface area contributed by atoms with E-state index in [4.69, 9.17) is 28.9 Å². The van der Waals surface area contributed by atoms with Crippen molar-refractivity contribution >= 4 is 63.7 Å². The maximum Gasteiger partial charge on any atom is 0.283 e. The van der Waals surface area contributed by atoms with Gasteiger partial charge in [0.1, 0.15) is 11.5 Å². The number of anilines is 1. The summed E-state index contributed by atoms with van der Waals surface area (Å²) >= 11 is 12.9. The topological polar surface area (TPSA) is 75.8 Å². The van der Waals surface area contributed by atoms with Gasteiger partial charge in [-0.25, -0.2) is 9.38 Å². The molecule has 2 aromatic rings. The highest BCUT2D eigenvalue weighted by Crippen LogP contribution is 2.33. The molecular formula is C19H14Cl2FN3O2S. The molecule has 0 aromatic heterocycles. The molecule has 2 aromatic carbocycles. The van der Waals surface area contributed by atoms with Gasteiger partial charge in [-0.05, 0) is 42.8 Å². The second kappa shape index (κ2) is 8.34. The van der Waals surface area contributed by atoms with E-state index in [1.807, 2.05) is 0 Å². The first-order valence-electron chi connectivity index (χ1n) is 8.08. The fourth-order valence-electron chi connectivity index (χ4n) is 2.40. The van der Waals surface area contributed by atoms with Crippen molar-refractivity contribution in [1.82, 2.24) is 0 Å². The Morgan fingerprint density at radius 1 is 1.25 bits per heavy atom. The highest BCUT2D eigenvalue weighted by molar-refractivity contribution is 8.15. The smallest absolute Gasteiger partial charge is 0.283 e. The lowest BCUT2D eigenvalue weighted by Crippen LogP contribution is -2.34. The third kappa shape index (κ3) is 4.22. The first-order valence-corrected chi connectivity index (χ1v) is 9.72. The number of hydrogen-bond donors (Lipinski definition) is 1. The third-order valence-electron chi connectivity index (χ3n) is 3.85. The van der Waals surface area contributed by atoms with Gasteiger partial charge in [0.15, 0.2) is 5.17 Å². The molecule has 1 atom stereocenters. The average molecular weight is 438 g/mol. The molecule has 0 saturated carbocycles. The number of aliphatic imine (C=N–C) groups is 1. The first kappa shape index (κ1) is 20.4. The Labute approximate surface area is 175 Å². The number of thioether (sulfide) groups is 1. The summed E-state index contributed by atoms with van der Waals surface area (Å²) in [7, 11) is 0. The lowest BCUT2D eigenvalue weighted by molar-refractivity contribution is -0.117. The van der Waals surface area contributed by atoms with Crippen LogP contribution in [-0.4, -0.2) is 22.2 Å². The van der Waals surface area contributed by atoms with Crippen LogP contribution in [0.5, 0.6) is 0 Å². The van der Waals surface area contributed by atoms with Gasteiger partial charge in [0.05, 0.1) is 21.0 Å². The molecule has 0 fully saturated rings. The van der Waals surface area contributed by atoms with Gasteiger partial charge in [-0.2, -0.15) is 0 Å². The minimum Gasteiger partial charge on any atom is -0.369 e. The van der Waals surface area contributed by atoms with Crippen LogP contribution in [0, 0.1) is 5.82 Å². The zero-order valence-corrected chi connectivity index (χ0v) is 16.9. The van der Waals surface area contributed by atoms with Crippen molar-refractivity contribution < 1.29 is 14.0 Å². The van der Waals surface area contributed by atoms with E-state index in [0.717, 1.165) is 16.7 Å².